The summed E-state index contributed by atoms with van der Waals surface area (Å²) in [5, 5.41) is 2.86. The average Bonchev–Trinajstić information content (AvgIpc) is 3.54. The van der Waals surface area contributed by atoms with Crippen LogP contribution in [0, 0.1) is 0 Å². The molecule has 1 N–H and O–H groups in total. The Bertz CT molecular complexity index is 1180. The van der Waals surface area contributed by atoms with Crippen LogP contribution in [-0.4, -0.2) is 37.6 Å². The SMILES string of the molecule is CC[C@@](C)(C[SH](=O)=O)NC(=O)c1ccc2c(c1)C(C)(C)C(=O)N2c1cccc(OC2CC2)c1. The van der Waals surface area contributed by atoms with E-state index >= 15 is 0 Å². The van der Waals surface area contributed by atoms with Crippen molar-refractivity contribution in [1.82, 2.24) is 5.32 Å². The van der Waals surface area contributed by atoms with Gasteiger partial charge in [-0.1, -0.05) is 13.0 Å². The zero-order valence-electron chi connectivity index (χ0n) is 19.4. The number of fused-ring (bicyclic) bond motifs is 1. The van der Waals surface area contributed by atoms with Gasteiger partial charge in [0.15, 0.2) is 0 Å². The van der Waals surface area contributed by atoms with Crippen LogP contribution in [0.25, 0.3) is 0 Å². The van der Waals surface area contributed by atoms with Gasteiger partial charge in [0, 0.05) is 11.6 Å². The van der Waals surface area contributed by atoms with Crippen molar-refractivity contribution in [2.75, 3.05) is 10.7 Å². The Labute approximate surface area is 196 Å². The number of benzene rings is 2. The molecule has 1 fully saturated rings. The van der Waals surface area contributed by atoms with Crippen LogP contribution in [0.15, 0.2) is 42.5 Å². The normalized spacial score (nSPS) is 18.7. The summed E-state index contributed by atoms with van der Waals surface area (Å²) in [4.78, 5) is 28.1. The molecule has 2 aliphatic rings. The van der Waals surface area contributed by atoms with Gasteiger partial charge in [-0.15, -0.1) is 0 Å². The van der Waals surface area contributed by atoms with Gasteiger partial charge in [0.25, 0.3) is 5.91 Å². The van der Waals surface area contributed by atoms with E-state index in [4.69, 9.17) is 4.74 Å². The molecule has 0 aromatic heterocycles. The summed E-state index contributed by atoms with van der Waals surface area (Å²) in [6, 6.07) is 12.7. The molecule has 8 heteroatoms. The third-order valence-corrected chi connectivity index (χ3v) is 7.44. The number of ether oxygens (including phenoxy) is 1. The molecule has 1 atom stereocenters. The Morgan fingerprint density at radius 1 is 1.21 bits per heavy atom. The summed E-state index contributed by atoms with van der Waals surface area (Å²) < 4.78 is 28.4. The topological polar surface area (TPSA) is 92.8 Å². The van der Waals surface area contributed by atoms with Crippen LogP contribution in [0.1, 0.15) is 62.9 Å². The van der Waals surface area contributed by atoms with Crippen LogP contribution >= 0.6 is 0 Å². The largest absolute Gasteiger partial charge is 0.490 e. The van der Waals surface area contributed by atoms with Crippen molar-refractivity contribution < 1.29 is 22.7 Å². The van der Waals surface area contributed by atoms with E-state index in [0.717, 1.165) is 35.5 Å². The Morgan fingerprint density at radius 3 is 2.58 bits per heavy atom. The third kappa shape index (κ3) is 4.62. The fourth-order valence-corrected chi connectivity index (χ4v) is 4.95. The minimum atomic E-state index is -2.63. The smallest absolute Gasteiger partial charge is 0.251 e. The van der Waals surface area contributed by atoms with Crippen molar-refractivity contribution in [2.24, 2.45) is 0 Å². The Hall–Kier alpha value is -2.87. The molecule has 1 aliphatic carbocycles. The van der Waals surface area contributed by atoms with E-state index < -0.39 is 21.7 Å². The van der Waals surface area contributed by atoms with Crippen molar-refractivity contribution in [3.8, 4) is 5.75 Å². The van der Waals surface area contributed by atoms with Crippen molar-refractivity contribution >= 4 is 33.9 Å². The van der Waals surface area contributed by atoms with Gasteiger partial charge in [-0.25, -0.2) is 8.42 Å². The van der Waals surface area contributed by atoms with Crippen molar-refractivity contribution in [3.63, 3.8) is 0 Å². The van der Waals surface area contributed by atoms with Gasteiger partial charge < -0.3 is 10.1 Å². The summed E-state index contributed by atoms with van der Waals surface area (Å²) in [6.07, 6.45) is 2.84. The summed E-state index contributed by atoms with van der Waals surface area (Å²) in [5.74, 6) is 0.161. The van der Waals surface area contributed by atoms with E-state index in [9.17, 15) is 18.0 Å². The second kappa shape index (κ2) is 8.48. The molecule has 33 heavy (non-hydrogen) atoms. The van der Waals surface area contributed by atoms with Gasteiger partial charge in [0.2, 0.25) is 5.91 Å². The molecule has 1 aliphatic heterocycles. The highest BCUT2D eigenvalue weighted by Crippen LogP contribution is 2.46. The molecule has 0 bridgehead atoms. The predicted molar refractivity (Wildman–Crippen MR) is 128 cm³/mol. The maximum Gasteiger partial charge on any atom is 0.251 e. The number of rotatable bonds is 8. The molecule has 0 spiro atoms. The molecule has 176 valence electrons. The fourth-order valence-electron chi connectivity index (χ4n) is 4.08. The molecule has 0 saturated heterocycles. The lowest BCUT2D eigenvalue weighted by atomic mass is 9.85. The van der Waals surface area contributed by atoms with Gasteiger partial charge >= 0.3 is 0 Å². The number of hydrogen-bond acceptors (Lipinski definition) is 5. The number of anilines is 2. The fraction of sp³-hybridized carbons (Fsp3) is 0.440. The maximum atomic E-state index is 13.4. The molecular formula is C25H30N2O5S. The second-order valence-corrected chi connectivity index (χ2v) is 10.7. The first-order chi connectivity index (χ1) is 15.5. The van der Waals surface area contributed by atoms with Gasteiger partial charge in [-0.3, -0.25) is 14.5 Å². The lowest BCUT2D eigenvalue weighted by molar-refractivity contribution is -0.121. The van der Waals surface area contributed by atoms with E-state index in [-0.39, 0.29) is 23.7 Å². The van der Waals surface area contributed by atoms with Crippen LogP contribution in [0.4, 0.5) is 11.4 Å². The van der Waals surface area contributed by atoms with Gasteiger partial charge in [-0.05, 0) is 75.9 Å². The molecule has 4 rings (SSSR count). The quantitative estimate of drug-likeness (QED) is 0.574. The minimum Gasteiger partial charge on any atom is -0.490 e. The number of thiol groups is 1. The van der Waals surface area contributed by atoms with E-state index in [1.165, 1.54) is 0 Å². The molecule has 2 aromatic carbocycles. The average molecular weight is 471 g/mol. The first-order valence-corrected chi connectivity index (χ1v) is 12.6. The highest BCUT2D eigenvalue weighted by molar-refractivity contribution is 7.72. The van der Waals surface area contributed by atoms with E-state index in [1.54, 1.807) is 30.0 Å². The molecule has 7 nitrogen and oxygen atoms in total. The minimum absolute atomic E-state index is 0.0830. The molecule has 1 heterocycles. The maximum absolute atomic E-state index is 13.4. The molecule has 0 unspecified atom stereocenters. The number of carbonyl (C=O) groups is 2. The zero-order chi connectivity index (χ0) is 24.0. The zero-order valence-corrected chi connectivity index (χ0v) is 20.3. The third-order valence-electron chi connectivity index (χ3n) is 6.49. The van der Waals surface area contributed by atoms with Crippen molar-refractivity contribution in [2.45, 2.75) is 64.0 Å². The number of nitrogens with zero attached hydrogens (tertiary/aromatic N) is 1. The van der Waals surface area contributed by atoms with Crippen LogP contribution < -0.4 is 15.0 Å². The summed E-state index contributed by atoms with van der Waals surface area (Å²) in [7, 11) is -2.63. The molecule has 2 amide bonds. The Balaban J connectivity index is 1.66. The monoisotopic (exact) mass is 470 g/mol. The number of carbonyl (C=O) groups excluding carboxylic acids is 2. The van der Waals surface area contributed by atoms with Crippen LogP contribution in [-0.2, 0) is 20.9 Å². The molecule has 2 aromatic rings. The predicted octanol–water partition coefficient (Wildman–Crippen LogP) is 3.69. The van der Waals surface area contributed by atoms with E-state index in [2.05, 4.69) is 5.32 Å². The van der Waals surface area contributed by atoms with Crippen LogP contribution in [0.5, 0.6) is 5.75 Å². The van der Waals surface area contributed by atoms with Crippen LogP contribution in [0.3, 0.4) is 0 Å². The van der Waals surface area contributed by atoms with E-state index in [0.29, 0.717) is 12.0 Å². The van der Waals surface area contributed by atoms with Gasteiger partial charge in [0.05, 0.1) is 34.2 Å². The van der Waals surface area contributed by atoms with Crippen molar-refractivity contribution in [1.29, 1.82) is 0 Å². The number of amides is 2. The van der Waals surface area contributed by atoms with Gasteiger partial charge in [0.1, 0.15) is 16.5 Å². The highest BCUT2D eigenvalue weighted by atomic mass is 32.2. The second-order valence-electron chi connectivity index (χ2n) is 9.67. The number of nitrogens with one attached hydrogen (secondary N) is 1. The lowest BCUT2D eigenvalue weighted by Gasteiger charge is -2.27. The van der Waals surface area contributed by atoms with E-state index in [1.807, 2.05) is 45.0 Å². The summed E-state index contributed by atoms with van der Waals surface area (Å²) in [5.41, 5.74) is 0.909. The van der Waals surface area contributed by atoms with Gasteiger partial charge in [-0.2, -0.15) is 0 Å². The summed E-state index contributed by atoms with van der Waals surface area (Å²) >= 11 is 0. The Kier molecular flexibility index (Phi) is 5.99. The number of hydrogen-bond donors (Lipinski definition) is 2. The first kappa shape index (κ1) is 23.3. The summed E-state index contributed by atoms with van der Waals surface area (Å²) in [6.45, 7) is 7.25. The first-order valence-electron chi connectivity index (χ1n) is 11.2. The standard InChI is InChI=1S/C25H30N2O5S/c1-5-25(4,15-33(30)31)26-22(28)16-9-12-21-20(13-16)24(2,3)23(29)27(21)17-7-6-8-19(14-17)32-18-10-11-18/h6-9,12-14,18,33H,5,10-11,15H2,1-4H3,(H,26,28)/t25-/m0/s1. The Morgan fingerprint density at radius 2 is 1.94 bits per heavy atom. The molecule has 1 saturated carbocycles. The molecular weight excluding hydrogens is 440 g/mol. The van der Waals surface area contributed by atoms with Crippen LogP contribution in [0.2, 0.25) is 0 Å². The lowest BCUT2D eigenvalue weighted by Crippen LogP contribution is -2.48. The molecule has 0 radical (unpaired) electrons. The highest BCUT2D eigenvalue weighted by Gasteiger charge is 2.45. The van der Waals surface area contributed by atoms with Crippen molar-refractivity contribution in [3.05, 3.63) is 53.6 Å².